The SMILES string of the molecule is CNC(=O)CN(C)CC(=O)c1ccccc1Cl. The van der Waals surface area contributed by atoms with Crippen LogP contribution in [-0.4, -0.2) is 43.8 Å². The number of hydrogen-bond donors (Lipinski definition) is 1. The number of nitrogens with zero attached hydrogens (tertiary/aromatic N) is 1. The normalized spacial score (nSPS) is 10.4. The summed E-state index contributed by atoms with van der Waals surface area (Å²) in [6.07, 6.45) is 0. The molecule has 0 aliphatic heterocycles. The van der Waals surface area contributed by atoms with Gasteiger partial charge in [-0.25, -0.2) is 0 Å². The van der Waals surface area contributed by atoms with E-state index in [9.17, 15) is 9.59 Å². The van der Waals surface area contributed by atoms with E-state index in [1.165, 1.54) is 0 Å². The highest BCUT2D eigenvalue weighted by Crippen LogP contribution is 2.15. The van der Waals surface area contributed by atoms with Gasteiger partial charge in [-0.15, -0.1) is 0 Å². The Morgan fingerprint density at radius 3 is 2.53 bits per heavy atom. The van der Waals surface area contributed by atoms with Crippen molar-refractivity contribution in [1.82, 2.24) is 10.2 Å². The lowest BCUT2D eigenvalue weighted by Crippen LogP contribution is -2.36. The molecule has 92 valence electrons. The van der Waals surface area contributed by atoms with Gasteiger partial charge in [0.2, 0.25) is 5.91 Å². The summed E-state index contributed by atoms with van der Waals surface area (Å²) < 4.78 is 0. The molecule has 0 atom stereocenters. The molecule has 0 saturated carbocycles. The van der Waals surface area contributed by atoms with Crippen molar-refractivity contribution in [2.45, 2.75) is 0 Å². The molecule has 1 amide bonds. The summed E-state index contributed by atoms with van der Waals surface area (Å²) in [7, 11) is 3.27. The van der Waals surface area contributed by atoms with Crippen LogP contribution in [0.5, 0.6) is 0 Å². The van der Waals surface area contributed by atoms with Crippen LogP contribution in [0.25, 0.3) is 0 Å². The minimum atomic E-state index is -0.126. The van der Waals surface area contributed by atoms with Gasteiger partial charge in [0.15, 0.2) is 5.78 Å². The minimum absolute atomic E-state index is 0.0954. The van der Waals surface area contributed by atoms with Crippen molar-refractivity contribution >= 4 is 23.3 Å². The Hall–Kier alpha value is -1.39. The molecule has 0 aliphatic rings. The summed E-state index contributed by atoms with van der Waals surface area (Å²) in [5.74, 6) is -0.221. The Morgan fingerprint density at radius 2 is 1.94 bits per heavy atom. The second-order valence-corrected chi connectivity index (χ2v) is 4.16. The summed E-state index contributed by atoms with van der Waals surface area (Å²) >= 11 is 5.92. The number of carbonyl (C=O) groups is 2. The van der Waals surface area contributed by atoms with Crippen LogP contribution in [0.4, 0.5) is 0 Å². The Labute approximate surface area is 106 Å². The van der Waals surface area contributed by atoms with Crippen LogP contribution in [0.3, 0.4) is 0 Å². The lowest BCUT2D eigenvalue weighted by molar-refractivity contribution is -0.121. The van der Waals surface area contributed by atoms with Crippen LogP contribution < -0.4 is 5.32 Å². The quantitative estimate of drug-likeness (QED) is 0.804. The summed E-state index contributed by atoms with van der Waals surface area (Å²) in [6.45, 7) is 0.351. The molecule has 4 nitrogen and oxygen atoms in total. The number of hydrogen-bond acceptors (Lipinski definition) is 3. The molecule has 1 aromatic rings. The summed E-state index contributed by atoms with van der Waals surface area (Å²) in [5.41, 5.74) is 0.484. The number of nitrogens with one attached hydrogen (secondary N) is 1. The Balaban J connectivity index is 2.61. The number of carbonyl (C=O) groups excluding carboxylic acids is 2. The van der Waals surface area contributed by atoms with Crippen molar-refractivity contribution in [3.05, 3.63) is 34.9 Å². The van der Waals surface area contributed by atoms with Crippen molar-refractivity contribution in [1.29, 1.82) is 0 Å². The Morgan fingerprint density at radius 1 is 1.29 bits per heavy atom. The molecule has 0 fully saturated rings. The van der Waals surface area contributed by atoms with Crippen LogP contribution >= 0.6 is 11.6 Å². The van der Waals surface area contributed by atoms with Gasteiger partial charge in [-0.2, -0.15) is 0 Å². The molecule has 0 aliphatic carbocycles. The van der Waals surface area contributed by atoms with E-state index in [0.717, 1.165) is 0 Å². The van der Waals surface area contributed by atoms with Gasteiger partial charge in [-0.3, -0.25) is 14.5 Å². The van der Waals surface area contributed by atoms with Crippen molar-refractivity contribution in [2.24, 2.45) is 0 Å². The average molecular weight is 255 g/mol. The van der Waals surface area contributed by atoms with Crippen molar-refractivity contribution in [3.63, 3.8) is 0 Å². The molecule has 17 heavy (non-hydrogen) atoms. The van der Waals surface area contributed by atoms with Gasteiger partial charge in [0.05, 0.1) is 18.1 Å². The zero-order valence-electron chi connectivity index (χ0n) is 9.87. The van der Waals surface area contributed by atoms with E-state index in [1.54, 1.807) is 43.3 Å². The molecule has 0 heterocycles. The summed E-state index contributed by atoms with van der Waals surface area (Å²) in [5, 5.41) is 2.94. The first kappa shape index (κ1) is 13.7. The highest BCUT2D eigenvalue weighted by molar-refractivity contribution is 6.34. The highest BCUT2D eigenvalue weighted by atomic mass is 35.5. The van der Waals surface area contributed by atoms with Gasteiger partial charge in [-0.05, 0) is 19.2 Å². The fourth-order valence-corrected chi connectivity index (χ4v) is 1.64. The number of halogens is 1. The highest BCUT2D eigenvalue weighted by Gasteiger charge is 2.13. The van der Waals surface area contributed by atoms with Gasteiger partial charge in [0.1, 0.15) is 0 Å². The minimum Gasteiger partial charge on any atom is -0.358 e. The maximum absolute atomic E-state index is 11.9. The van der Waals surface area contributed by atoms with E-state index in [4.69, 9.17) is 11.6 Å². The standard InChI is InChI=1S/C12H15ClN2O2/c1-14-12(17)8-15(2)7-11(16)9-5-3-4-6-10(9)13/h3-6H,7-8H2,1-2H3,(H,14,17). The summed E-state index contributed by atoms with van der Waals surface area (Å²) in [4.78, 5) is 24.6. The molecule has 0 unspecified atom stereocenters. The number of amides is 1. The molecule has 5 heteroatoms. The van der Waals surface area contributed by atoms with E-state index < -0.39 is 0 Å². The fraction of sp³-hybridized carbons (Fsp3) is 0.333. The second kappa shape index (κ2) is 6.37. The zero-order valence-corrected chi connectivity index (χ0v) is 10.6. The fourth-order valence-electron chi connectivity index (χ4n) is 1.40. The van der Waals surface area contributed by atoms with Crippen LogP contribution in [0.2, 0.25) is 5.02 Å². The van der Waals surface area contributed by atoms with E-state index in [-0.39, 0.29) is 24.8 Å². The largest absolute Gasteiger partial charge is 0.358 e. The molecule has 1 aromatic carbocycles. The topological polar surface area (TPSA) is 49.4 Å². The van der Waals surface area contributed by atoms with Gasteiger partial charge in [0, 0.05) is 12.6 Å². The molecule has 0 bridgehead atoms. The average Bonchev–Trinajstić information content (AvgIpc) is 2.29. The van der Waals surface area contributed by atoms with Gasteiger partial charge in [0.25, 0.3) is 0 Å². The lowest BCUT2D eigenvalue weighted by atomic mass is 10.1. The van der Waals surface area contributed by atoms with Crippen LogP contribution in [-0.2, 0) is 4.79 Å². The zero-order chi connectivity index (χ0) is 12.8. The number of rotatable bonds is 5. The molecular formula is C12H15ClN2O2. The van der Waals surface area contributed by atoms with Crippen LogP contribution in [0, 0.1) is 0 Å². The van der Waals surface area contributed by atoms with Crippen LogP contribution in [0.1, 0.15) is 10.4 Å². The third-order valence-electron chi connectivity index (χ3n) is 2.28. The maximum Gasteiger partial charge on any atom is 0.233 e. The van der Waals surface area contributed by atoms with E-state index in [0.29, 0.717) is 10.6 Å². The summed E-state index contributed by atoms with van der Waals surface area (Å²) in [6, 6.07) is 6.89. The predicted octanol–water partition coefficient (Wildman–Crippen LogP) is 1.20. The van der Waals surface area contributed by atoms with Crippen LogP contribution in [0.15, 0.2) is 24.3 Å². The van der Waals surface area contributed by atoms with Crippen molar-refractivity contribution in [2.75, 3.05) is 27.2 Å². The first-order valence-corrected chi connectivity index (χ1v) is 5.59. The molecule has 1 rings (SSSR count). The third-order valence-corrected chi connectivity index (χ3v) is 2.61. The third kappa shape index (κ3) is 4.17. The van der Waals surface area contributed by atoms with Gasteiger partial charge in [-0.1, -0.05) is 23.7 Å². The first-order chi connectivity index (χ1) is 8.04. The van der Waals surface area contributed by atoms with Gasteiger partial charge < -0.3 is 5.32 Å². The second-order valence-electron chi connectivity index (χ2n) is 3.75. The predicted molar refractivity (Wildman–Crippen MR) is 67.3 cm³/mol. The molecule has 0 radical (unpaired) electrons. The van der Waals surface area contributed by atoms with Gasteiger partial charge >= 0.3 is 0 Å². The van der Waals surface area contributed by atoms with Crippen molar-refractivity contribution < 1.29 is 9.59 Å². The Kier molecular flexibility index (Phi) is 5.12. The molecule has 0 spiro atoms. The smallest absolute Gasteiger partial charge is 0.233 e. The number of Topliss-reactive ketones (excluding diaryl/α,β-unsaturated/α-hetero) is 1. The monoisotopic (exact) mass is 254 g/mol. The molecule has 0 aromatic heterocycles. The van der Waals surface area contributed by atoms with Crippen molar-refractivity contribution in [3.8, 4) is 0 Å². The van der Waals surface area contributed by atoms with E-state index in [1.807, 2.05) is 0 Å². The maximum atomic E-state index is 11.9. The number of benzene rings is 1. The Bertz CT molecular complexity index is 421. The number of likely N-dealkylation sites (N-methyl/N-ethyl adjacent to an activating group) is 2. The first-order valence-electron chi connectivity index (χ1n) is 5.21. The molecule has 0 saturated heterocycles. The van der Waals surface area contributed by atoms with E-state index in [2.05, 4.69) is 5.32 Å². The lowest BCUT2D eigenvalue weighted by Gasteiger charge is -2.14. The van der Waals surface area contributed by atoms with E-state index >= 15 is 0 Å². The number of ketones is 1. The molecule has 1 N–H and O–H groups in total. The molecular weight excluding hydrogens is 240 g/mol.